The van der Waals surface area contributed by atoms with E-state index in [1.54, 1.807) is 12.4 Å². The molecule has 0 aliphatic carbocycles. The van der Waals surface area contributed by atoms with E-state index >= 15 is 0 Å². The van der Waals surface area contributed by atoms with Crippen LogP contribution in [0.3, 0.4) is 0 Å². The number of aromatic nitrogens is 3. The first-order valence-electron chi connectivity index (χ1n) is 8.39. The number of hydrogen-bond acceptors (Lipinski definition) is 2. The lowest BCUT2D eigenvalue weighted by atomic mass is 9.92. The van der Waals surface area contributed by atoms with E-state index in [9.17, 15) is 0 Å². The SMILES string of the molecule is Cc1ccccc1-c1ncnn2ccc(C(C)c3cc(Cl)cc(Cl)c3)c12. The maximum Gasteiger partial charge on any atom is 0.137 e. The molecule has 0 radical (unpaired) electrons. The van der Waals surface area contributed by atoms with Gasteiger partial charge in [-0.1, -0.05) is 54.4 Å². The molecule has 130 valence electrons. The largest absolute Gasteiger partial charge is 0.237 e. The Hall–Kier alpha value is -2.36. The van der Waals surface area contributed by atoms with Crippen LogP contribution in [0.25, 0.3) is 16.8 Å². The molecule has 2 aromatic heterocycles. The van der Waals surface area contributed by atoms with E-state index in [1.807, 2.05) is 35.0 Å². The molecule has 1 unspecified atom stereocenters. The Morgan fingerprint density at radius 1 is 1.00 bits per heavy atom. The summed E-state index contributed by atoms with van der Waals surface area (Å²) in [7, 11) is 0. The van der Waals surface area contributed by atoms with E-state index < -0.39 is 0 Å². The summed E-state index contributed by atoms with van der Waals surface area (Å²) in [5, 5.41) is 5.66. The summed E-state index contributed by atoms with van der Waals surface area (Å²) in [4.78, 5) is 4.60. The van der Waals surface area contributed by atoms with E-state index in [-0.39, 0.29) is 5.92 Å². The zero-order chi connectivity index (χ0) is 18.3. The van der Waals surface area contributed by atoms with Crippen molar-refractivity contribution in [3.63, 3.8) is 0 Å². The normalized spacial score (nSPS) is 12.5. The average Bonchev–Trinajstić information content (AvgIpc) is 3.05. The molecule has 0 aliphatic rings. The van der Waals surface area contributed by atoms with Gasteiger partial charge in [-0.3, -0.25) is 0 Å². The fourth-order valence-electron chi connectivity index (χ4n) is 3.37. The van der Waals surface area contributed by atoms with Crippen molar-refractivity contribution in [1.29, 1.82) is 0 Å². The number of halogens is 2. The Bertz CT molecular complexity index is 1080. The number of fused-ring (bicyclic) bond motifs is 1. The highest BCUT2D eigenvalue weighted by Gasteiger charge is 2.19. The predicted molar refractivity (Wildman–Crippen MR) is 107 cm³/mol. The molecule has 0 saturated heterocycles. The van der Waals surface area contributed by atoms with E-state index in [1.165, 1.54) is 5.56 Å². The van der Waals surface area contributed by atoms with Gasteiger partial charge in [0.15, 0.2) is 0 Å². The van der Waals surface area contributed by atoms with E-state index in [0.717, 1.165) is 27.9 Å². The highest BCUT2D eigenvalue weighted by molar-refractivity contribution is 6.34. The Morgan fingerprint density at radius 2 is 1.73 bits per heavy atom. The highest BCUT2D eigenvalue weighted by Crippen LogP contribution is 2.35. The van der Waals surface area contributed by atoms with Crippen LogP contribution < -0.4 is 0 Å². The van der Waals surface area contributed by atoms with Gasteiger partial charge in [-0.25, -0.2) is 9.50 Å². The summed E-state index contributed by atoms with van der Waals surface area (Å²) < 4.78 is 1.88. The molecule has 0 saturated carbocycles. The summed E-state index contributed by atoms with van der Waals surface area (Å²) >= 11 is 12.4. The molecule has 0 amide bonds. The summed E-state index contributed by atoms with van der Waals surface area (Å²) in [6.45, 7) is 4.24. The van der Waals surface area contributed by atoms with Gasteiger partial charge in [0.1, 0.15) is 6.33 Å². The molecule has 0 bridgehead atoms. The van der Waals surface area contributed by atoms with Gasteiger partial charge in [0.25, 0.3) is 0 Å². The van der Waals surface area contributed by atoms with Gasteiger partial charge in [0, 0.05) is 27.7 Å². The smallest absolute Gasteiger partial charge is 0.137 e. The quantitative estimate of drug-likeness (QED) is 0.425. The first-order valence-corrected chi connectivity index (χ1v) is 9.14. The van der Waals surface area contributed by atoms with Gasteiger partial charge in [-0.05, 0) is 47.9 Å². The zero-order valence-electron chi connectivity index (χ0n) is 14.4. The third-order valence-electron chi connectivity index (χ3n) is 4.74. The number of benzene rings is 2. The summed E-state index contributed by atoms with van der Waals surface area (Å²) in [6.07, 6.45) is 3.57. The molecule has 4 aromatic rings. The first kappa shape index (κ1) is 17.1. The molecule has 3 nitrogen and oxygen atoms in total. The Labute approximate surface area is 162 Å². The molecule has 2 aromatic carbocycles. The van der Waals surface area contributed by atoms with Crippen molar-refractivity contribution < 1.29 is 0 Å². The van der Waals surface area contributed by atoms with Gasteiger partial charge < -0.3 is 0 Å². The van der Waals surface area contributed by atoms with E-state index in [0.29, 0.717) is 10.0 Å². The molecule has 0 N–H and O–H groups in total. The van der Waals surface area contributed by atoms with Crippen LogP contribution in [-0.4, -0.2) is 14.6 Å². The molecule has 26 heavy (non-hydrogen) atoms. The first-order chi connectivity index (χ1) is 12.5. The third kappa shape index (κ3) is 2.98. The van der Waals surface area contributed by atoms with Crippen molar-refractivity contribution in [3.8, 4) is 11.3 Å². The number of hydrogen-bond donors (Lipinski definition) is 0. The van der Waals surface area contributed by atoms with Crippen molar-refractivity contribution >= 4 is 28.7 Å². The van der Waals surface area contributed by atoms with Crippen molar-refractivity contribution in [2.24, 2.45) is 0 Å². The topological polar surface area (TPSA) is 30.2 Å². The minimum atomic E-state index is 0.102. The standard InChI is InChI=1S/C21H17Cl2N3/c1-13-5-3-4-6-18(13)20-21-19(7-8-26(21)25-12-24-20)14(2)15-9-16(22)11-17(23)10-15/h3-12,14H,1-2H3. The van der Waals surface area contributed by atoms with Gasteiger partial charge in [-0.15, -0.1) is 0 Å². The lowest BCUT2D eigenvalue weighted by Crippen LogP contribution is -2.01. The van der Waals surface area contributed by atoms with Gasteiger partial charge in [0.2, 0.25) is 0 Å². The fraction of sp³-hybridized carbons (Fsp3) is 0.143. The van der Waals surface area contributed by atoms with Crippen LogP contribution in [0.1, 0.15) is 29.5 Å². The van der Waals surface area contributed by atoms with Gasteiger partial charge in [-0.2, -0.15) is 5.10 Å². The second kappa shape index (κ2) is 6.75. The fourth-order valence-corrected chi connectivity index (χ4v) is 3.91. The maximum atomic E-state index is 6.21. The van der Waals surface area contributed by atoms with E-state index in [4.69, 9.17) is 23.2 Å². The van der Waals surface area contributed by atoms with Crippen LogP contribution in [0.4, 0.5) is 0 Å². The van der Waals surface area contributed by atoms with Crippen LogP contribution in [0.2, 0.25) is 10.0 Å². The summed E-state index contributed by atoms with van der Waals surface area (Å²) in [6, 6.07) is 16.0. The van der Waals surface area contributed by atoms with Crippen LogP contribution >= 0.6 is 23.2 Å². The second-order valence-electron chi connectivity index (χ2n) is 6.41. The molecular formula is C21H17Cl2N3. The van der Waals surface area contributed by atoms with Crippen molar-refractivity contribution in [1.82, 2.24) is 14.6 Å². The molecule has 2 heterocycles. The Balaban J connectivity index is 1.93. The number of aryl methyl sites for hydroxylation is 1. The number of rotatable bonds is 3. The van der Waals surface area contributed by atoms with E-state index in [2.05, 4.69) is 42.1 Å². The van der Waals surface area contributed by atoms with Crippen LogP contribution in [0.5, 0.6) is 0 Å². The molecule has 0 fully saturated rings. The Morgan fingerprint density at radius 3 is 2.46 bits per heavy atom. The lowest BCUT2D eigenvalue weighted by molar-refractivity contribution is 0.889. The van der Waals surface area contributed by atoms with Crippen molar-refractivity contribution in [2.75, 3.05) is 0 Å². The summed E-state index contributed by atoms with van der Waals surface area (Å²) in [5.74, 6) is 0.102. The third-order valence-corrected chi connectivity index (χ3v) is 5.17. The minimum absolute atomic E-state index is 0.102. The van der Waals surface area contributed by atoms with Crippen LogP contribution in [0, 0.1) is 6.92 Å². The lowest BCUT2D eigenvalue weighted by Gasteiger charge is -2.14. The van der Waals surface area contributed by atoms with Gasteiger partial charge >= 0.3 is 0 Å². The molecule has 1 atom stereocenters. The van der Waals surface area contributed by atoms with Crippen molar-refractivity contribution in [3.05, 3.63) is 87.8 Å². The molecule has 0 spiro atoms. The minimum Gasteiger partial charge on any atom is -0.237 e. The average molecular weight is 382 g/mol. The van der Waals surface area contributed by atoms with Gasteiger partial charge in [0.05, 0.1) is 11.2 Å². The second-order valence-corrected chi connectivity index (χ2v) is 7.29. The van der Waals surface area contributed by atoms with Crippen LogP contribution in [-0.2, 0) is 0 Å². The predicted octanol–water partition coefficient (Wildman–Crippen LogP) is 6.16. The Kier molecular flexibility index (Phi) is 4.43. The maximum absolute atomic E-state index is 6.21. The number of nitrogens with zero attached hydrogens (tertiary/aromatic N) is 3. The zero-order valence-corrected chi connectivity index (χ0v) is 16.0. The molecular weight excluding hydrogens is 365 g/mol. The molecule has 4 rings (SSSR count). The molecule has 5 heteroatoms. The molecule has 0 aliphatic heterocycles. The highest BCUT2D eigenvalue weighted by atomic mass is 35.5. The summed E-state index contributed by atoms with van der Waals surface area (Å²) in [5.41, 5.74) is 6.43. The van der Waals surface area contributed by atoms with Crippen molar-refractivity contribution in [2.45, 2.75) is 19.8 Å². The monoisotopic (exact) mass is 381 g/mol. The van der Waals surface area contributed by atoms with Crippen LogP contribution in [0.15, 0.2) is 61.1 Å².